The molecule has 19 heavy (non-hydrogen) atoms. The van der Waals surface area contributed by atoms with Crippen molar-refractivity contribution in [2.45, 2.75) is 25.7 Å². The third-order valence-electron chi connectivity index (χ3n) is 3.11. The van der Waals surface area contributed by atoms with Gasteiger partial charge in [0.1, 0.15) is 16.2 Å². The van der Waals surface area contributed by atoms with E-state index in [0.29, 0.717) is 5.92 Å². The molecular weight excluding hydrogens is 326 g/mol. The average Bonchev–Trinajstić information content (AvgIpc) is 3.16. The van der Waals surface area contributed by atoms with Gasteiger partial charge in [0.15, 0.2) is 0 Å². The molecule has 1 aromatic heterocycles. The van der Waals surface area contributed by atoms with Crippen molar-refractivity contribution in [1.29, 1.82) is 0 Å². The second-order valence-electron chi connectivity index (χ2n) is 4.79. The van der Waals surface area contributed by atoms with Crippen LogP contribution in [0.25, 0.3) is 0 Å². The Hall–Kier alpha value is -1.13. The van der Waals surface area contributed by atoms with E-state index in [1.165, 1.54) is 12.8 Å². The lowest BCUT2D eigenvalue weighted by Gasteiger charge is -2.10. The monoisotopic (exact) mass is 337 g/mol. The van der Waals surface area contributed by atoms with E-state index >= 15 is 0 Å². The summed E-state index contributed by atoms with van der Waals surface area (Å²) in [6, 6.07) is 7.65. The van der Waals surface area contributed by atoms with Gasteiger partial charge >= 0.3 is 0 Å². The molecule has 3 rings (SSSR count). The largest absolute Gasteiger partial charge is 0.340 e. The van der Waals surface area contributed by atoms with Crippen molar-refractivity contribution in [3.8, 4) is 0 Å². The van der Waals surface area contributed by atoms with Gasteiger partial charge in [0.25, 0.3) is 0 Å². The van der Waals surface area contributed by atoms with Crippen molar-refractivity contribution in [2.24, 2.45) is 0 Å². The highest BCUT2D eigenvalue weighted by molar-refractivity contribution is 9.10. The molecule has 1 aliphatic carbocycles. The highest BCUT2D eigenvalue weighted by Gasteiger charge is 2.27. The molecule has 2 aromatic rings. The standard InChI is InChI=1S/C14H13BrClN3/c1-8-6-10(16)4-5-11(8)17-13-7-12(15)18-14(19-13)9-2-3-9/h4-7,9H,2-3H2,1H3,(H,17,18,19). The van der Waals surface area contributed by atoms with Crippen LogP contribution in [0.3, 0.4) is 0 Å². The molecule has 1 fully saturated rings. The van der Waals surface area contributed by atoms with Crippen molar-refractivity contribution in [2.75, 3.05) is 5.32 Å². The van der Waals surface area contributed by atoms with E-state index in [0.717, 1.165) is 32.5 Å². The van der Waals surface area contributed by atoms with Crippen molar-refractivity contribution < 1.29 is 0 Å². The molecule has 0 atom stereocenters. The van der Waals surface area contributed by atoms with Gasteiger partial charge in [-0.05, 0) is 59.5 Å². The summed E-state index contributed by atoms with van der Waals surface area (Å²) in [4.78, 5) is 8.99. The van der Waals surface area contributed by atoms with Crippen LogP contribution < -0.4 is 5.32 Å². The molecule has 0 bridgehead atoms. The molecule has 1 aliphatic rings. The normalized spacial score (nSPS) is 14.5. The Balaban J connectivity index is 1.89. The molecular formula is C14H13BrClN3. The molecule has 1 heterocycles. The summed E-state index contributed by atoms with van der Waals surface area (Å²) in [6.07, 6.45) is 2.38. The zero-order valence-corrected chi connectivity index (χ0v) is 12.8. The van der Waals surface area contributed by atoms with Crippen molar-refractivity contribution in [3.05, 3.63) is 45.3 Å². The van der Waals surface area contributed by atoms with E-state index in [1.807, 2.05) is 31.2 Å². The zero-order valence-electron chi connectivity index (χ0n) is 10.5. The third kappa shape index (κ3) is 3.07. The molecule has 98 valence electrons. The molecule has 3 nitrogen and oxygen atoms in total. The Morgan fingerprint density at radius 2 is 2.05 bits per heavy atom. The molecule has 0 unspecified atom stereocenters. The molecule has 1 aromatic carbocycles. The highest BCUT2D eigenvalue weighted by atomic mass is 79.9. The van der Waals surface area contributed by atoms with Crippen LogP contribution in [0.5, 0.6) is 0 Å². The topological polar surface area (TPSA) is 37.8 Å². The van der Waals surface area contributed by atoms with Crippen molar-refractivity contribution in [1.82, 2.24) is 9.97 Å². The van der Waals surface area contributed by atoms with Crippen LogP contribution in [-0.4, -0.2) is 9.97 Å². The molecule has 0 radical (unpaired) electrons. The molecule has 1 saturated carbocycles. The number of rotatable bonds is 3. The minimum Gasteiger partial charge on any atom is -0.340 e. The van der Waals surface area contributed by atoms with E-state index < -0.39 is 0 Å². The molecule has 0 spiro atoms. The predicted molar refractivity (Wildman–Crippen MR) is 81.2 cm³/mol. The number of aryl methyl sites for hydroxylation is 1. The van der Waals surface area contributed by atoms with Crippen molar-refractivity contribution in [3.63, 3.8) is 0 Å². The van der Waals surface area contributed by atoms with Gasteiger partial charge in [0.05, 0.1) is 0 Å². The van der Waals surface area contributed by atoms with Crippen LogP contribution >= 0.6 is 27.5 Å². The summed E-state index contributed by atoms with van der Waals surface area (Å²) < 4.78 is 0.818. The lowest BCUT2D eigenvalue weighted by Crippen LogP contribution is -2.00. The van der Waals surface area contributed by atoms with Crippen LogP contribution in [0, 0.1) is 6.92 Å². The Labute approximate surface area is 125 Å². The van der Waals surface area contributed by atoms with Gasteiger partial charge in [0.2, 0.25) is 0 Å². The van der Waals surface area contributed by atoms with Gasteiger partial charge in [-0.3, -0.25) is 0 Å². The Morgan fingerprint density at radius 3 is 2.74 bits per heavy atom. The van der Waals surface area contributed by atoms with Gasteiger partial charge in [-0.1, -0.05) is 11.6 Å². The average molecular weight is 339 g/mol. The Kier molecular flexibility index (Phi) is 3.46. The zero-order chi connectivity index (χ0) is 13.4. The smallest absolute Gasteiger partial charge is 0.135 e. The van der Waals surface area contributed by atoms with Gasteiger partial charge in [-0.15, -0.1) is 0 Å². The van der Waals surface area contributed by atoms with E-state index in [4.69, 9.17) is 11.6 Å². The summed E-state index contributed by atoms with van der Waals surface area (Å²) in [5.41, 5.74) is 2.10. The molecule has 0 amide bonds. The summed E-state index contributed by atoms with van der Waals surface area (Å²) in [7, 11) is 0. The molecule has 1 N–H and O–H groups in total. The summed E-state index contributed by atoms with van der Waals surface area (Å²) >= 11 is 9.40. The number of benzene rings is 1. The molecule has 5 heteroatoms. The first-order valence-corrected chi connectivity index (χ1v) is 7.36. The fourth-order valence-electron chi connectivity index (χ4n) is 1.93. The van der Waals surface area contributed by atoms with Gasteiger partial charge in [-0.2, -0.15) is 0 Å². The highest BCUT2D eigenvalue weighted by Crippen LogP contribution is 2.39. The third-order valence-corrected chi connectivity index (χ3v) is 3.75. The van der Waals surface area contributed by atoms with E-state index in [1.54, 1.807) is 0 Å². The van der Waals surface area contributed by atoms with Gasteiger partial charge in [0, 0.05) is 22.7 Å². The number of halogens is 2. The minimum absolute atomic E-state index is 0.532. The first kappa shape index (κ1) is 12.9. The lowest BCUT2D eigenvalue weighted by atomic mass is 10.2. The SMILES string of the molecule is Cc1cc(Cl)ccc1Nc1cc(Br)nc(C2CC2)n1. The Morgan fingerprint density at radius 1 is 1.26 bits per heavy atom. The minimum atomic E-state index is 0.532. The van der Waals surface area contributed by atoms with E-state index in [9.17, 15) is 0 Å². The maximum absolute atomic E-state index is 5.96. The van der Waals surface area contributed by atoms with Crippen LogP contribution in [0.2, 0.25) is 5.02 Å². The maximum Gasteiger partial charge on any atom is 0.135 e. The van der Waals surface area contributed by atoms with Crippen LogP contribution in [0.15, 0.2) is 28.9 Å². The first-order valence-electron chi connectivity index (χ1n) is 6.19. The summed E-state index contributed by atoms with van der Waals surface area (Å²) in [6.45, 7) is 2.02. The number of anilines is 2. The summed E-state index contributed by atoms with van der Waals surface area (Å²) in [5, 5.41) is 4.06. The quantitative estimate of drug-likeness (QED) is 0.815. The predicted octanol–water partition coefficient (Wildman–Crippen LogP) is 4.82. The van der Waals surface area contributed by atoms with Crippen LogP contribution in [0.4, 0.5) is 11.5 Å². The second-order valence-corrected chi connectivity index (χ2v) is 6.04. The van der Waals surface area contributed by atoms with Crippen LogP contribution in [-0.2, 0) is 0 Å². The maximum atomic E-state index is 5.96. The number of nitrogens with zero attached hydrogens (tertiary/aromatic N) is 2. The molecule has 0 aliphatic heterocycles. The number of hydrogen-bond acceptors (Lipinski definition) is 3. The summed E-state index contributed by atoms with van der Waals surface area (Å²) in [5.74, 6) is 2.27. The number of hydrogen-bond donors (Lipinski definition) is 1. The van der Waals surface area contributed by atoms with Gasteiger partial charge in [-0.25, -0.2) is 9.97 Å². The fourth-order valence-corrected chi connectivity index (χ4v) is 2.55. The molecule has 0 saturated heterocycles. The van der Waals surface area contributed by atoms with E-state index in [2.05, 4.69) is 31.2 Å². The first-order chi connectivity index (χ1) is 9.11. The fraction of sp³-hybridized carbons (Fsp3) is 0.286. The van der Waals surface area contributed by atoms with Crippen molar-refractivity contribution >= 4 is 39.0 Å². The van der Waals surface area contributed by atoms with Gasteiger partial charge < -0.3 is 5.32 Å². The van der Waals surface area contributed by atoms with Crippen LogP contribution in [0.1, 0.15) is 30.1 Å². The second kappa shape index (κ2) is 5.10. The number of aromatic nitrogens is 2. The van der Waals surface area contributed by atoms with E-state index in [-0.39, 0.29) is 0 Å². The number of nitrogens with one attached hydrogen (secondary N) is 1. The lowest BCUT2D eigenvalue weighted by molar-refractivity contribution is 0.919. The Bertz CT molecular complexity index is 626.